The molecular weight excluding hydrogens is 193 g/mol. The fourth-order valence-corrected chi connectivity index (χ4v) is 1.41. The minimum absolute atomic E-state index is 0.321. The standard InChI is InChI=1S/C9H11BN3O2/c11-13-9(14)6-1-2-7-8(5-6)15-4-3-12-10-7/h1-2,5,12H,3-4,11H2,(H,13,14). The molecule has 15 heavy (non-hydrogen) atoms. The summed E-state index contributed by atoms with van der Waals surface area (Å²) < 4.78 is 5.47. The molecule has 2 rings (SSSR count). The largest absolute Gasteiger partial charge is 0.493 e. The molecule has 1 aliphatic heterocycles. The maximum atomic E-state index is 11.3. The summed E-state index contributed by atoms with van der Waals surface area (Å²) >= 11 is 0. The van der Waals surface area contributed by atoms with Gasteiger partial charge in [-0.1, -0.05) is 6.07 Å². The Morgan fingerprint density at radius 1 is 1.60 bits per heavy atom. The predicted molar refractivity (Wildman–Crippen MR) is 57.0 cm³/mol. The number of carbonyl (C=O) groups is 1. The highest BCUT2D eigenvalue weighted by atomic mass is 16.5. The van der Waals surface area contributed by atoms with E-state index in [0.29, 0.717) is 17.9 Å². The van der Waals surface area contributed by atoms with Crippen molar-refractivity contribution in [1.29, 1.82) is 0 Å². The maximum absolute atomic E-state index is 11.3. The van der Waals surface area contributed by atoms with Crippen LogP contribution >= 0.6 is 0 Å². The van der Waals surface area contributed by atoms with Crippen LogP contribution < -0.4 is 26.7 Å². The molecule has 1 amide bonds. The maximum Gasteiger partial charge on any atom is 0.265 e. The smallest absolute Gasteiger partial charge is 0.265 e. The SMILES string of the molecule is NNC(=O)c1ccc2c(c1)OCCN[B]2. The van der Waals surface area contributed by atoms with Crippen molar-refractivity contribution >= 4 is 18.8 Å². The first-order valence-corrected chi connectivity index (χ1v) is 4.65. The third-order valence-electron chi connectivity index (χ3n) is 2.17. The molecule has 0 spiro atoms. The number of hydrazine groups is 1. The van der Waals surface area contributed by atoms with Crippen LogP contribution in [0.1, 0.15) is 10.4 Å². The molecule has 5 nitrogen and oxygen atoms in total. The number of hydrogen-bond donors (Lipinski definition) is 3. The fraction of sp³-hybridized carbons (Fsp3) is 0.222. The van der Waals surface area contributed by atoms with Gasteiger partial charge in [-0.25, -0.2) is 5.84 Å². The minimum atomic E-state index is -0.321. The molecule has 77 valence electrons. The van der Waals surface area contributed by atoms with E-state index >= 15 is 0 Å². The highest BCUT2D eigenvalue weighted by Crippen LogP contribution is 2.11. The first kappa shape index (κ1) is 10.0. The Bertz CT molecular complexity index is 384. The molecule has 0 aromatic heterocycles. The summed E-state index contributed by atoms with van der Waals surface area (Å²) in [7, 11) is 1.87. The van der Waals surface area contributed by atoms with Gasteiger partial charge in [0.25, 0.3) is 5.91 Å². The van der Waals surface area contributed by atoms with Crippen molar-refractivity contribution < 1.29 is 9.53 Å². The number of amides is 1. The summed E-state index contributed by atoms with van der Waals surface area (Å²) in [6.45, 7) is 1.34. The number of rotatable bonds is 1. The van der Waals surface area contributed by atoms with Gasteiger partial charge in [-0.05, 0) is 17.6 Å². The lowest BCUT2D eigenvalue weighted by molar-refractivity contribution is 0.0953. The Kier molecular flexibility index (Phi) is 2.89. The van der Waals surface area contributed by atoms with Crippen molar-refractivity contribution in [3.05, 3.63) is 23.8 Å². The summed E-state index contributed by atoms with van der Waals surface area (Å²) in [5.41, 5.74) is 3.51. The second-order valence-electron chi connectivity index (χ2n) is 3.17. The summed E-state index contributed by atoms with van der Waals surface area (Å²) in [5.74, 6) is 5.43. The van der Waals surface area contributed by atoms with Gasteiger partial charge in [0, 0.05) is 12.1 Å². The van der Waals surface area contributed by atoms with Crippen LogP contribution in [-0.4, -0.2) is 26.5 Å². The normalized spacial score (nSPS) is 14.2. The van der Waals surface area contributed by atoms with E-state index in [9.17, 15) is 4.79 Å². The molecular formula is C9H11BN3O2. The number of benzene rings is 1. The third kappa shape index (κ3) is 2.11. The number of fused-ring (bicyclic) bond motifs is 1. The van der Waals surface area contributed by atoms with Crippen LogP contribution in [0.25, 0.3) is 0 Å². The molecule has 1 aromatic rings. The van der Waals surface area contributed by atoms with Crippen LogP contribution in [-0.2, 0) is 0 Å². The van der Waals surface area contributed by atoms with Crippen LogP contribution in [0.15, 0.2) is 18.2 Å². The van der Waals surface area contributed by atoms with E-state index in [1.165, 1.54) is 0 Å². The van der Waals surface area contributed by atoms with Crippen molar-refractivity contribution in [3.63, 3.8) is 0 Å². The highest BCUT2D eigenvalue weighted by molar-refractivity contribution is 6.52. The molecule has 1 radical (unpaired) electrons. The van der Waals surface area contributed by atoms with Crippen LogP contribution in [0.5, 0.6) is 5.75 Å². The van der Waals surface area contributed by atoms with E-state index in [-0.39, 0.29) is 5.91 Å². The summed E-state index contributed by atoms with van der Waals surface area (Å²) in [6, 6.07) is 5.20. The van der Waals surface area contributed by atoms with E-state index in [1.54, 1.807) is 12.1 Å². The lowest BCUT2D eigenvalue weighted by atomic mass is 9.82. The Morgan fingerprint density at radius 2 is 2.47 bits per heavy atom. The Labute approximate surface area is 88.2 Å². The zero-order valence-corrected chi connectivity index (χ0v) is 8.12. The number of nitrogen functional groups attached to an aromatic ring is 1. The molecule has 1 aromatic carbocycles. The second kappa shape index (κ2) is 4.33. The summed E-state index contributed by atoms with van der Waals surface area (Å²) in [6.07, 6.45) is 0. The molecule has 1 heterocycles. The molecule has 0 saturated carbocycles. The van der Waals surface area contributed by atoms with E-state index in [2.05, 4.69) is 10.7 Å². The van der Waals surface area contributed by atoms with Gasteiger partial charge < -0.3 is 9.96 Å². The fourth-order valence-electron chi connectivity index (χ4n) is 1.41. The number of nitrogens with two attached hydrogens (primary N) is 1. The summed E-state index contributed by atoms with van der Waals surface area (Å²) in [4.78, 5) is 11.3. The monoisotopic (exact) mass is 204 g/mol. The molecule has 0 bridgehead atoms. The molecule has 1 aliphatic rings. The lowest BCUT2D eigenvalue weighted by Gasteiger charge is -2.07. The molecule has 0 fully saturated rings. The molecule has 0 saturated heterocycles. The van der Waals surface area contributed by atoms with Gasteiger partial charge in [-0.2, -0.15) is 0 Å². The average molecular weight is 204 g/mol. The predicted octanol–water partition coefficient (Wildman–Crippen LogP) is -1.48. The zero-order chi connectivity index (χ0) is 10.7. The number of ether oxygens (including phenoxy) is 1. The number of hydrogen-bond acceptors (Lipinski definition) is 4. The zero-order valence-electron chi connectivity index (χ0n) is 8.12. The van der Waals surface area contributed by atoms with E-state index in [4.69, 9.17) is 10.6 Å². The summed E-state index contributed by atoms with van der Waals surface area (Å²) in [5, 5.41) is 3.09. The Balaban J connectivity index is 2.31. The van der Waals surface area contributed by atoms with Gasteiger partial charge in [0.2, 0.25) is 7.41 Å². The van der Waals surface area contributed by atoms with Crippen molar-refractivity contribution in [1.82, 2.24) is 10.7 Å². The van der Waals surface area contributed by atoms with Gasteiger partial charge in [-0.15, -0.1) is 0 Å². The molecule has 6 heteroatoms. The average Bonchev–Trinajstić information content (AvgIpc) is 2.51. The first-order valence-electron chi connectivity index (χ1n) is 4.65. The minimum Gasteiger partial charge on any atom is -0.493 e. The molecule has 0 atom stereocenters. The van der Waals surface area contributed by atoms with Gasteiger partial charge in [0.1, 0.15) is 5.75 Å². The lowest BCUT2D eigenvalue weighted by Crippen LogP contribution is -2.31. The Hall–Kier alpha value is -1.53. The molecule has 0 aliphatic carbocycles. The van der Waals surface area contributed by atoms with E-state index < -0.39 is 0 Å². The Morgan fingerprint density at radius 3 is 3.27 bits per heavy atom. The number of nitrogens with one attached hydrogen (secondary N) is 2. The van der Waals surface area contributed by atoms with Crippen LogP contribution in [0.3, 0.4) is 0 Å². The topological polar surface area (TPSA) is 76.4 Å². The third-order valence-corrected chi connectivity index (χ3v) is 2.17. The van der Waals surface area contributed by atoms with Crippen molar-refractivity contribution in [3.8, 4) is 5.75 Å². The quantitative estimate of drug-likeness (QED) is 0.225. The van der Waals surface area contributed by atoms with Gasteiger partial charge in [-0.3, -0.25) is 10.2 Å². The van der Waals surface area contributed by atoms with E-state index in [1.807, 2.05) is 13.5 Å². The van der Waals surface area contributed by atoms with E-state index in [0.717, 1.165) is 12.0 Å². The van der Waals surface area contributed by atoms with Crippen LogP contribution in [0.4, 0.5) is 0 Å². The molecule has 4 N–H and O–H groups in total. The van der Waals surface area contributed by atoms with Gasteiger partial charge in [0.05, 0.1) is 6.61 Å². The highest BCUT2D eigenvalue weighted by Gasteiger charge is 2.12. The second-order valence-corrected chi connectivity index (χ2v) is 3.17. The van der Waals surface area contributed by atoms with Crippen LogP contribution in [0, 0.1) is 0 Å². The van der Waals surface area contributed by atoms with Crippen molar-refractivity contribution in [2.24, 2.45) is 5.84 Å². The van der Waals surface area contributed by atoms with Crippen molar-refractivity contribution in [2.45, 2.75) is 0 Å². The van der Waals surface area contributed by atoms with Crippen LogP contribution in [0.2, 0.25) is 0 Å². The van der Waals surface area contributed by atoms with Gasteiger partial charge in [0.15, 0.2) is 0 Å². The van der Waals surface area contributed by atoms with Crippen molar-refractivity contribution in [2.75, 3.05) is 13.2 Å². The molecule has 0 unspecified atom stereocenters. The first-order chi connectivity index (χ1) is 7.31. The van der Waals surface area contributed by atoms with Gasteiger partial charge >= 0.3 is 0 Å². The number of carbonyl (C=O) groups excluding carboxylic acids is 1.